The van der Waals surface area contributed by atoms with Crippen molar-refractivity contribution >= 4 is 18.4 Å². The van der Waals surface area contributed by atoms with Gasteiger partial charge in [-0.2, -0.15) is 0 Å². The number of carbonyl (C=O) groups excluding carboxylic acids is 1. The maximum atomic E-state index is 12.0. The Labute approximate surface area is 122 Å². The molecular formula is C13H28ClN3O2. The average Bonchev–Trinajstić information content (AvgIpc) is 2.39. The molecule has 2 N–H and O–H groups in total. The SMILES string of the molecule is CCN(CC)C(=O)NCC1(COC)CCNCC1.Cl. The quantitative estimate of drug-likeness (QED) is 0.780. The summed E-state index contributed by atoms with van der Waals surface area (Å²) in [5, 5.41) is 6.41. The summed E-state index contributed by atoms with van der Waals surface area (Å²) < 4.78 is 5.34. The van der Waals surface area contributed by atoms with Gasteiger partial charge in [-0.15, -0.1) is 12.4 Å². The molecule has 0 atom stereocenters. The first-order chi connectivity index (χ1) is 8.67. The molecule has 0 saturated carbocycles. The Bertz CT molecular complexity index is 249. The van der Waals surface area contributed by atoms with Crippen LogP contribution in [0.1, 0.15) is 26.7 Å². The zero-order chi connectivity index (χ0) is 13.4. The highest BCUT2D eigenvalue weighted by Gasteiger charge is 2.32. The molecule has 0 aromatic heterocycles. The van der Waals surface area contributed by atoms with Crippen molar-refractivity contribution in [1.82, 2.24) is 15.5 Å². The van der Waals surface area contributed by atoms with Gasteiger partial charge in [-0.25, -0.2) is 4.79 Å². The fourth-order valence-corrected chi connectivity index (χ4v) is 2.52. The molecule has 6 heteroatoms. The van der Waals surface area contributed by atoms with Crippen LogP contribution in [-0.4, -0.2) is 57.4 Å². The van der Waals surface area contributed by atoms with Gasteiger partial charge >= 0.3 is 6.03 Å². The Morgan fingerprint density at radius 1 is 1.32 bits per heavy atom. The Kier molecular flexibility index (Phi) is 9.14. The van der Waals surface area contributed by atoms with Crippen molar-refractivity contribution in [3.05, 3.63) is 0 Å². The highest BCUT2D eigenvalue weighted by molar-refractivity contribution is 5.85. The minimum Gasteiger partial charge on any atom is -0.384 e. The van der Waals surface area contributed by atoms with E-state index in [1.807, 2.05) is 18.7 Å². The topological polar surface area (TPSA) is 53.6 Å². The molecule has 0 aliphatic carbocycles. The Morgan fingerprint density at radius 3 is 2.37 bits per heavy atom. The number of methoxy groups -OCH3 is 1. The smallest absolute Gasteiger partial charge is 0.317 e. The fraction of sp³-hybridized carbons (Fsp3) is 0.923. The Morgan fingerprint density at radius 2 is 1.89 bits per heavy atom. The van der Waals surface area contributed by atoms with E-state index in [2.05, 4.69) is 10.6 Å². The minimum absolute atomic E-state index is 0. The average molecular weight is 294 g/mol. The van der Waals surface area contributed by atoms with Crippen LogP contribution in [0.25, 0.3) is 0 Å². The highest BCUT2D eigenvalue weighted by Crippen LogP contribution is 2.28. The van der Waals surface area contributed by atoms with Crippen LogP contribution in [0.3, 0.4) is 0 Å². The third-order valence-electron chi connectivity index (χ3n) is 3.78. The van der Waals surface area contributed by atoms with E-state index in [1.165, 1.54) is 0 Å². The summed E-state index contributed by atoms with van der Waals surface area (Å²) in [5.41, 5.74) is 0.100. The van der Waals surface area contributed by atoms with Crippen molar-refractivity contribution in [2.24, 2.45) is 5.41 Å². The van der Waals surface area contributed by atoms with E-state index in [0.717, 1.165) is 39.0 Å². The molecule has 1 rings (SSSR count). The molecular weight excluding hydrogens is 266 g/mol. The van der Waals surface area contributed by atoms with Gasteiger partial charge in [-0.1, -0.05) is 0 Å². The van der Waals surface area contributed by atoms with E-state index < -0.39 is 0 Å². The summed E-state index contributed by atoms with van der Waals surface area (Å²) in [6.07, 6.45) is 2.11. The lowest BCUT2D eigenvalue weighted by Gasteiger charge is -2.37. The Balaban J connectivity index is 0.00000324. The van der Waals surface area contributed by atoms with Gasteiger partial charge in [0.1, 0.15) is 0 Å². The number of halogens is 1. The normalized spacial score (nSPS) is 17.4. The van der Waals surface area contributed by atoms with Crippen molar-refractivity contribution in [2.75, 3.05) is 46.4 Å². The van der Waals surface area contributed by atoms with Crippen LogP contribution >= 0.6 is 12.4 Å². The van der Waals surface area contributed by atoms with Gasteiger partial charge in [0, 0.05) is 32.2 Å². The molecule has 0 unspecified atom stereocenters. The van der Waals surface area contributed by atoms with Crippen molar-refractivity contribution in [1.29, 1.82) is 0 Å². The zero-order valence-corrected chi connectivity index (χ0v) is 13.1. The van der Waals surface area contributed by atoms with Crippen LogP contribution in [0.5, 0.6) is 0 Å². The molecule has 1 heterocycles. The van der Waals surface area contributed by atoms with Gasteiger partial charge in [-0.05, 0) is 39.8 Å². The largest absolute Gasteiger partial charge is 0.384 e. The summed E-state index contributed by atoms with van der Waals surface area (Å²) in [5.74, 6) is 0. The summed E-state index contributed by atoms with van der Waals surface area (Å²) in [6.45, 7) is 8.93. The highest BCUT2D eigenvalue weighted by atomic mass is 35.5. The number of piperidine rings is 1. The van der Waals surface area contributed by atoms with Crippen LogP contribution in [-0.2, 0) is 4.74 Å². The predicted molar refractivity (Wildman–Crippen MR) is 80.0 cm³/mol. The van der Waals surface area contributed by atoms with Crippen LogP contribution in [0.2, 0.25) is 0 Å². The molecule has 0 radical (unpaired) electrons. The second-order valence-corrected chi connectivity index (χ2v) is 5.01. The summed E-state index contributed by atoms with van der Waals surface area (Å²) >= 11 is 0. The third kappa shape index (κ3) is 5.55. The van der Waals surface area contributed by atoms with Crippen LogP contribution in [0, 0.1) is 5.41 Å². The maximum absolute atomic E-state index is 12.0. The van der Waals surface area contributed by atoms with Gasteiger partial charge in [0.2, 0.25) is 0 Å². The van der Waals surface area contributed by atoms with Crippen molar-refractivity contribution < 1.29 is 9.53 Å². The van der Waals surface area contributed by atoms with E-state index >= 15 is 0 Å². The Hall–Kier alpha value is -0.520. The molecule has 1 fully saturated rings. The minimum atomic E-state index is 0. The standard InChI is InChI=1S/C13H27N3O2.ClH/c1-4-16(5-2)12(17)15-10-13(11-18-3)6-8-14-9-7-13;/h14H,4-11H2,1-3H3,(H,15,17);1H. The number of amides is 2. The molecule has 19 heavy (non-hydrogen) atoms. The molecule has 0 spiro atoms. The summed E-state index contributed by atoms with van der Waals surface area (Å²) in [4.78, 5) is 13.8. The molecule has 0 aromatic carbocycles. The van der Waals surface area contributed by atoms with Crippen molar-refractivity contribution in [3.63, 3.8) is 0 Å². The van der Waals surface area contributed by atoms with E-state index in [4.69, 9.17) is 4.74 Å². The molecule has 2 amide bonds. The lowest BCUT2D eigenvalue weighted by molar-refractivity contribution is 0.0543. The molecule has 1 saturated heterocycles. The zero-order valence-electron chi connectivity index (χ0n) is 12.3. The lowest BCUT2D eigenvalue weighted by atomic mass is 9.79. The molecule has 1 aliphatic heterocycles. The number of hydrogen-bond donors (Lipinski definition) is 2. The van der Waals surface area contributed by atoms with E-state index in [9.17, 15) is 4.79 Å². The van der Waals surface area contributed by atoms with E-state index in [0.29, 0.717) is 13.2 Å². The van der Waals surface area contributed by atoms with Gasteiger partial charge in [0.05, 0.1) is 6.61 Å². The van der Waals surface area contributed by atoms with Crippen LogP contribution < -0.4 is 10.6 Å². The fourth-order valence-electron chi connectivity index (χ4n) is 2.52. The van der Waals surface area contributed by atoms with Gasteiger partial charge in [0.15, 0.2) is 0 Å². The second-order valence-electron chi connectivity index (χ2n) is 5.01. The molecule has 0 bridgehead atoms. The van der Waals surface area contributed by atoms with E-state index in [1.54, 1.807) is 7.11 Å². The number of carbonyl (C=O) groups is 1. The second kappa shape index (κ2) is 9.39. The van der Waals surface area contributed by atoms with Gasteiger partial charge in [-0.3, -0.25) is 0 Å². The number of urea groups is 1. The van der Waals surface area contributed by atoms with Crippen LogP contribution in [0.15, 0.2) is 0 Å². The molecule has 114 valence electrons. The number of hydrogen-bond acceptors (Lipinski definition) is 3. The first-order valence-corrected chi connectivity index (χ1v) is 6.90. The number of nitrogens with one attached hydrogen (secondary N) is 2. The number of rotatable bonds is 6. The first kappa shape index (κ1) is 18.5. The lowest BCUT2D eigenvalue weighted by Crippen LogP contribution is -2.50. The van der Waals surface area contributed by atoms with Gasteiger partial charge in [0.25, 0.3) is 0 Å². The number of nitrogens with zero attached hydrogens (tertiary/aromatic N) is 1. The maximum Gasteiger partial charge on any atom is 0.317 e. The number of ether oxygens (including phenoxy) is 1. The predicted octanol–water partition coefficient (Wildman–Crippen LogP) is 1.48. The van der Waals surface area contributed by atoms with E-state index in [-0.39, 0.29) is 23.9 Å². The van der Waals surface area contributed by atoms with Crippen molar-refractivity contribution in [3.8, 4) is 0 Å². The monoisotopic (exact) mass is 293 g/mol. The first-order valence-electron chi connectivity index (χ1n) is 6.90. The molecule has 5 nitrogen and oxygen atoms in total. The summed E-state index contributed by atoms with van der Waals surface area (Å²) in [6, 6.07) is 0.0361. The molecule has 1 aliphatic rings. The third-order valence-corrected chi connectivity index (χ3v) is 3.78. The van der Waals surface area contributed by atoms with Crippen molar-refractivity contribution in [2.45, 2.75) is 26.7 Å². The van der Waals surface area contributed by atoms with Gasteiger partial charge < -0.3 is 20.3 Å². The molecule has 0 aromatic rings. The summed E-state index contributed by atoms with van der Waals surface area (Å²) in [7, 11) is 1.73. The van der Waals surface area contributed by atoms with Crippen LogP contribution in [0.4, 0.5) is 4.79 Å².